The van der Waals surface area contributed by atoms with Gasteiger partial charge in [0.1, 0.15) is 0 Å². The lowest BCUT2D eigenvalue weighted by Gasteiger charge is -2.32. The van der Waals surface area contributed by atoms with Gasteiger partial charge in [-0.2, -0.15) is 0 Å². The minimum absolute atomic E-state index is 0.143. The fourth-order valence-corrected chi connectivity index (χ4v) is 5.61. The summed E-state index contributed by atoms with van der Waals surface area (Å²) in [6, 6.07) is 25.8. The number of hydrogen-bond donors (Lipinski definition) is 5. The van der Waals surface area contributed by atoms with Gasteiger partial charge in [-0.25, -0.2) is 0 Å². The summed E-state index contributed by atoms with van der Waals surface area (Å²) in [7, 11) is 0. The van der Waals surface area contributed by atoms with E-state index < -0.39 is 0 Å². The molecule has 3 aromatic carbocycles. The molecule has 7 heteroatoms. The number of carbonyl (C=O) groups is 1. The largest absolute Gasteiger partial charge is 0.397 e. The second-order valence-corrected chi connectivity index (χ2v) is 11.3. The SMILES string of the molecule is N=C/C(=C\Nc1ccccc1)C1CC1NCC1CCN(CCCc2ccc(C(=O)Nc3ccccc3N)cc2)CC1. The van der Waals surface area contributed by atoms with Crippen LogP contribution in [0.4, 0.5) is 17.1 Å². The van der Waals surface area contributed by atoms with Crippen molar-refractivity contribution in [2.45, 2.75) is 38.1 Å². The Bertz CT molecular complexity index is 1310. The van der Waals surface area contributed by atoms with Gasteiger partial charge >= 0.3 is 0 Å². The van der Waals surface area contributed by atoms with Crippen molar-refractivity contribution in [3.63, 3.8) is 0 Å². The molecule has 0 radical (unpaired) electrons. The number of rotatable bonds is 13. The number of nitrogens with one attached hydrogen (secondary N) is 4. The molecule has 1 saturated heterocycles. The van der Waals surface area contributed by atoms with Crippen LogP contribution < -0.4 is 21.7 Å². The summed E-state index contributed by atoms with van der Waals surface area (Å²) in [6.07, 6.45) is 9.21. The predicted octanol–water partition coefficient (Wildman–Crippen LogP) is 5.79. The first-order valence-electron chi connectivity index (χ1n) is 14.8. The lowest BCUT2D eigenvalue weighted by Crippen LogP contribution is -2.38. The van der Waals surface area contributed by atoms with Crippen molar-refractivity contribution in [3.8, 4) is 0 Å². The van der Waals surface area contributed by atoms with E-state index in [1.807, 2.05) is 66.9 Å². The van der Waals surface area contributed by atoms with E-state index in [4.69, 9.17) is 11.1 Å². The summed E-state index contributed by atoms with van der Waals surface area (Å²) in [4.78, 5) is 15.1. The molecule has 2 fully saturated rings. The van der Waals surface area contributed by atoms with Gasteiger partial charge in [0.25, 0.3) is 5.91 Å². The zero-order chi connectivity index (χ0) is 28.4. The third-order valence-electron chi connectivity index (χ3n) is 8.31. The summed E-state index contributed by atoms with van der Waals surface area (Å²) in [5.41, 5.74) is 11.2. The third kappa shape index (κ3) is 8.28. The zero-order valence-electron chi connectivity index (χ0n) is 23.7. The molecule has 7 nitrogen and oxygen atoms in total. The highest BCUT2D eigenvalue weighted by Crippen LogP contribution is 2.37. The van der Waals surface area contributed by atoms with Crippen LogP contribution in [-0.4, -0.2) is 49.2 Å². The number of anilines is 3. The van der Waals surface area contributed by atoms with Gasteiger partial charge in [0.15, 0.2) is 0 Å². The molecular weight excluding hydrogens is 508 g/mol. The van der Waals surface area contributed by atoms with E-state index in [9.17, 15) is 4.79 Å². The van der Waals surface area contributed by atoms with Gasteiger partial charge in [0, 0.05) is 35.6 Å². The second kappa shape index (κ2) is 14.1. The van der Waals surface area contributed by atoms with Gasteiger partial charge in [0.05, 0.1) is 11.4 Å². The number of benzene rings is 3. The third-order valence-corrected chi connectivity index (χ3v) is 8.31. The first kappa shape index (κ1) is 28.6. The predicted molar refractivity (Wildman–Crippen MR) is 170 cm³/mol. The molecule has 2 atom stereocenters. The summed E-state index contributed by atoms with van der Waals surface area (Å²) >= 11 is 0. The molecule has 0 spiro atoms. The molecule has 1 heterocycles. The molecule has 41 heavy (non-hydrogen) atoms. The molecule has 214 valence electrons. The molecule has 0 bridgehead atoms. The lowest BCUT2D eigenvalue weighted by molar-refractivity contribution is 0.102. The number of likely N-dealkylation sites (tertiary alicyclic amines) is 1. The monoisotopic (exact) mass is 550 g/mol. The Morgan fingerprint density at radius 3 is 2.44 bits per heavy atom. The smallest absolute Gasteiger partial charge is 0.255 e. The van der Waals surface area contributed by atoms with E-state index in [0.29, 0.717) is 28.9 Å². The highest BCUT2D eigenvalue weighted by Gasteiger charge is 2.39. The van der Waals surface area contributed by atoms with E-state index in [2.05, 4.69) is 33.0 Å². The molecule has 2 unspecified atom stereocenters. The van der Waals surface area contributed by atoms with Crippen molar-refractivity contribution in [2.24, 2.45) is 11.8 Å². The van der Waals surface area contributed by atoms with E-state index in [1.54, 1.807) is 6.07 Å². The number of hydrogen-bond acceptors (Lipinski definition) is 6. The average Bonchev–Trinajstić information content (AvgIpc) is 3.78. The highest BCUT2D eigenvalue weighted by atomic mass is 16.1. The van der Waals surface area contributed by atoms with Crippen LogP contribution in [0.15, 0.2) is 90.6 Å². The molecule has 1 aliphatic carbocycles. The van der Waals surface area contributed by atoms with Crippen molar-refractivity contribution in [1.29, 1.82) is 5.41 Å². The topological polar surface area (TPSA) is 106 Å². The van der Waals surface area contributed by atoms with Crippen molar-refractivity contribution >= 4 is 29.2 Å². The number of nitrogens with zero attached hydrogens (tertiary/aromatic N) is 1. The minimum Gasteiger partial charge on any atom is -0.397 e. The Kier molecular flexibility index (Phi) is 9.83. The van der Waals surface area contributed by atoms with Gasteiger partial charge in [-0.05, 0) is 112 Å². The average molecular weight is 551 g/mol. The molecule has 3 aromatic rings. The maximum absolute atomic E-state index is 12.6. The normalized spacial score (nSPS) is 19.5. The first-order valence-corrected chi connectivity index (χ1v) is 14.8. The summed E-state index contributed by atoms with van der Waals surface area (Å²) < 4.78 is 0. The van der Waals surface area contributed by atoms with Crippen molar-refractivity contribution in [1.82, 2.24) is 10.2 Å². The molecule has 1 saturated carbocycles. The number of nitrogen functional groups attached to an aromatic ring is 1. The van der Waals surface area contributed by atoms with Crippen LogP contribution in [0, 0.1) is 17.2 Å². The molecule has 1 amide bonds. The Morgan fingerprint density at radius 1 is 0.976 bits per heavy atom. The second-order valence-electron chi connectivity index (χ2n) is 11.3. The van der Waals surface area contributed by atoms with Gasteiger partial charge in [-0.3, -0.25) is 4.79 Å². The van der Waals surface area contributed by atoms with Gasteiger partial charge < -0.3 is 32.0 Å². The highest BCUT2D eigenvalue weighted by molar-refractivity contribution is 6.05. The summed E-state index contributed by atoms with van der Waals surface area (Å²) in [6.45, 7) is 4.51. The van der Waals surface area contributed by atoms with E-state index in [1.165, 1.54) is 24.6 Å². The van der Waals surface area contributed by atoms with Crippen LogP contribution in [0.2, 0.25) is 0 Å². The van der Waals surface area contributed by atoms with Gasteiger partial charge in [-0.15, -0.1) is 0 Å². The quantitative estimate of drug-likeness (QED) is 0.137. The fourth-order valence-electron chi connectivity index (χ4n) is 5.61. The Labute approximate surface area is 243 Å². The van der Waals surface area contributed by atoms with E-state index >= 15 is 0 Å². The van der Waals surface area contributed by atoms with Crippen LogP contribution in [0.1, 0.15) is 41.6 Å². The molecular formula is C34H42N6O. The molecule has 2 aliphatic rings. The van der Waals surface area contributed by atoms with Crippen molar-refractivity contribution in [3.05, 3.63) is 102 Å². The van der Waals surface area contributed by atoms with Crippen LogP contribution in [0.25, 0.3) is 0 Å². The molecule has 6 N–H and O–H groups in total. The zero-order valence-corrected chi connectivity index (χ0v) is 23.7. The maximum Gasteiger partial charge on any atom is 0.255 e. The number of aryl methyl sites for hydroxylation is 1. The van der Waals surface area contributed by atoms with E-state index in [0.717, 1.165) is 62.6 Å². The van der Waals surface area contributed by atoms with Gasteiger partial charge in [-0.1, -0.05) is 42.5 Å². The maximum atomic E-state index is 12.6. The number of piperidine rings is 1. The van der Waals surface area contributed by atoms with E-state index in [-0.39, 0.29) is 5.91 Å². The minimum atomic E-state index is -0.143. The van der Waals surface area contributed by atoms with Crippen molar-refractivity contribution in [2.75, 3.05) is 42.5 Å². The molecule has 1 aliphatic heterocycles. The Balaban J connectivity index is 0.960. The Hall–Kier alpha value is -3.94. The number of amides is 1. The van der Waals surface area contributed by atoms with Crippen LogP contribution in [-0.2, 0) is 6.42 Å². The summed E-state index contributed by atoms with van der Waals surface area (Å²) in [5, 5.41) is 17.8. The van der Waals surface area contributed by atoms with Crippen LogP contribution in [0.3, 0.4) is 0 Å². The first-order chi connectivity index (χ1) is 20.1. The lowest BCUT2D eigenvalue weighted by atomic mass is 9.96. The number of carbonyl (C=O) groups excluding carboxylic acids is 1. The van der Waals surface area contributed by atoms with Crippen LogP contribution in [0.5, 0.6) is 0 Å². The Morgan fingerprint density at radius 2 is 1.71 bits per heavy atom. The number of para-hydroxylation sites is 3. The van der Waals surface area contributed by atoms with Crippen molar-refractivity contribution < 1.29 is 4.79 Å². The number of nitrogens with two attached hydrogens (primary N) is 1. The molecule has 5 rings (SSSR count). The standard InChI is InChI=1S/C34H42N6O/c35-22-28(24-37-29-8-2-1-3-9-29)30-21-33(30)38-23-26-16-19-40(20-17-26)18-6-7-25-12-14-27(15-13-25)34(41)39-32-11-5-4-10-31(32)36/h1-5,8-15,22,24,26,30,33,35,37-38H,6-7,16-21,23,36H2,(H,39,41)/b28-24+,35-22?. The summed E-state index contributed by atoms with van der Waals surface area (Å²) in [5.74, 6) is 1.03. The fraction of sp³-hybridized carbons (Fsp3) is 0.353. The molecule has 0 aromatic heterocycles. The van der Waals surface area contributed by atoms with Gasteiger partial charge in [0.2, 0.25) is 0 Å². The van der Waals surface area contributed by atoms with Crippen LogP contribution >= 0.6 is 0 Å².